The van der Waals surface area contributed by atoms with E-state index in [1.165, 1.54) is 16.3 Å². The number of piperidine rings is 1. The number of nitrogens with zero attached hydrogens (tertiary/aromatic N) is 5. The van der Waals surface area contributed by atoms with Gasteiger partial charge < -0.3 is 9.80 Å². The Morgan fingerprint density at radius 3 is 2.64 bits per heavy atom. The highest BCUT2D eigenvalue weighted by Gasteiger charge is 2.31. The number of hydrogen-bond acceptors (Lipinski definition) is 6. The van der Waals surface area contributed by atoms with Crippen LogP contribution in [0.3, 0.4) is 0 Å². The monoisotopic (exact) mass is 449 g/mol. The van der Waals surface area contributed by atoms with Crippen LogP contribution in [0.5, 0.6) is 0 Å². The van der Waals surface area contributed by atoms with Crippen molar-refractivity contribution in [1.29, 1.82) is 0 Å². The summed E-state index contributed by atoms with van der Waals surface area (Å²) < 4.78 is 4.76. The van der Waals surface area contributed by atoms with Crippen LogP contribution >= 0.6 is 0 Å². The summed E-state index contributed by atoms with van der Waals surface area (Å²) in [7, 11) is 6.14. The number of likely N-dealkylation sites (tertiary alicyclic amines) is 1. The summed E-state index contributed by atoms with van der Waals surface area (Å²) >= 11 is 0. The van der Waals surface area contributed by atoms with Gasteiger partial charge in [-0.05, 0) is 68.7 Å². The molecule has 1 aliphatic heterocycles. The van der Waals surface area contributed by atoms with Gasteiger partial charge in [0.2, 0.25) is 5.91 Å². The van der Waals surface area contributed by atoms with Crippen LogP contribution in [0.15, 0.2) is 47.1 Å². The molecule has 2 aromatic carbocycles. The zero-order valence-electron chi connectivity index (χ0n) is 20.2. The Morgan fingerprint density at radius 2 is 1.91 bits per heavy atom. The van der Waals surface area contributed by atoms with Crippen molar-refractivity contribution in [1.82, 2.24) is 25.0 Å². The zero-order valence-corrected chi connectivity index (χ0v) is 20.2. The Labute approximate surface area is 196 Å². The first-order chi connectivity index (χ1) is 15.9. The molecule has 0 bridgehead atoms. The maximum Gasteiger partial charge on any atom is 0.222 e. The van der Waals surface area contributed by atoms with E-state index in [0.717, 1.165) is 43.9 Å². The molecule has 2 atom stereocenters. The van der Waals surface area contributed by atoms with E-state index in [1.807, 2.05) is 14.0 Å². The van der Waals surface area contributed by atoms with Crippen molar-refractivity contribution >= 4 is 16.7 Å². The molecule has 1 fully saturated rings. The second-order valence-electron chi connectivity index (χ2n) is 9.58. The quantitative estimate of drug-likeness (QED) is 0.522. The SMILES string of the molecule is Cc1nonc1CN(C)C(=O)CC[C@H]1CN(Cc2ccc3ccccc3c2)CC[C@H]1N(C)C. The molecule has 0 spiro atoms. The topological polar surface area (TPSA) is 65.7 Å². The maximum absolute atomic E-state index is 12.8. The fourth-order valence-corrected chi connectivity index (χ4v) is 5.00. The summed E-state index contributed by atoms with van der Waals surface area (Å²) in [5.74, 6) is 0.601. The highest BCUT2D eigenvalue weighted by molar-refractivity contribution is 5.83. The smallest absolute Gasteiger partial charge is 0.222 e. The van der Waals surface area contributed by atoms with Gasteiger partial charge in [0.1, 0.15) is 11.4 Å². The third kappa shape index (κ3) is 5.78. The van der Waals surface area contributed by atoms with Gasteiger partial charge in [0.05, 0.1) is 6.54 Å². The van der Waals surface area contributed by atoms with Gasteiger partial charge >= 0.3 is 0 Å². The summed E-state index contributed by atoms with van der Waals surface area (Å²) in [5.41, 5.74) is 2.80. The predicted octanol–water partition coefficient (Wildman–Crippen LogP) is 3.72. The average molecular weight is 450 g/mol. The number of amides is 1. The highest BCUT2D eigenvalue weighted by atomic mass is 16.6. The number of aromatic nitrogens is 2. The molecule has 0 N–H and O–H groups in total. The van der Waals surface area contributed by atoms with Crippen LogP contribution in [0.2, 0.25) is 0 Å². The molecule has 0 saturated carbocycles. The summed E-state index contributed by atoms with van der Waals surface area (Å²) in [6.45, 7) is 5.33. The molecule has 7 heteroatoms. The van der Waals surface area contributed by atoms with Crippen molar-refractivity contribution in [2.24, 2.45) is 5.92 Å². The molecular weight excluding hydrogens is 414 g/mol. The largest absolute Gasteiger partial charge is 0.340 e. The van der Waals surface area contributed by atoms with Crippen molar-refractivity contribution in [3.05, 3.63) is 59.4 Å². The molecule has 33 heavy (non-hydrogen) atoms. The molecule has 7 nitrogen and oxygen atoms in total. The number of hydrogen-bond donors (Lipinski definition) is 0. The van der Waals surface area contributed by atoms with Crippen LogP contribution in [0.1, 0.15) is 36.2 Å². The van der Waals surface area contributed by atoms with Crippen LogP contribution in [0.4, 0.5) is 0 Å². The van der Waals surface area contributed by atoms with E-state index in [4.69, 9.17) is 4.63 Å². The molecule has 176 valence electrons. The Hall–Kier alpha value is -2.77. The fourth-order valence-electron chi connectivity index (χ4n) is 5.00. The van der Waals surface area contributed by atoms with Crippen molar-refractivity contribution in [3.63, 3.8) is 0 Å². The van der Waals surface area contributed by atoms with E-state index in [-0.39, 0.29) is 5.91 Å². The Kier molecular flexibility index (Phi) is 7.40. The van der Waals surface area contributed by atoms with Crippen molar-refractivity contribution in [2.45, 2.75) is 45.3 Å². The predicted molar refractivity (Wildman–Crippen MR) is 130 cm³/mol. The lowest BCUT2D eigenvalue weighted by molar-refractivity contribution is -0.131. The molecular formula is C26H35N5O2. The van der Waals surface area contributed by atoms with Crippen molar-refractivity contribution < 1.29 is 9.42 Å². The summed E-state index contributed by atoms with van der Waals surface area (Å²) in [4.78, 5) is 19.4. The average Bonchev–Trinajstić information content (AvgIpc) is 3.21. The van der Waals surface area contributed by atoms with E-state index < -0.39 is 0 Å². The van der Waals surface area contributed by atoms with E-state index in [0.29, 0.717) is 24.9 Å². The number of carbonyl (C=O) groups excluding carboxylic acids is 1. The molecule has 3 aromatic rings. The van der Waals surface area contributed by atoms with Gasteiger partial charge in [-0.3, -0.25) is 9.69 Å². The third-order valence-electron chi connectivity index (χ3n) is 6.95. The first-order valence-corrected chi connectivity index (χ1v) is 11.8. The molecule has 0 unspecified atom stereocenters. The zero-order chi connectivity index (χ0) is 23.4. The van der Waals surface area contributed by atoms with Crippen LogP contribution in [0, 0.1) is 12.8 Å². The lowest BCUT2D eigenvalue weighted by Gasteiger charge is -2.42. The minimum absolute atomic E-state index is 0.140. The minimum Gasteiger partial charge on any atom is -0.340 e. The highest BCUT2D eigenvalue weighted by Crippen LogP contribution is 2.27. The summed E-state index contributed by atoms with van der Waals surface area (Å²) in [6, 6.07) is 15.8. The number of aryl methyl sites for hydroxylation is 1. The number of carbonyl (C=O) groups is 1. The van der Waals surface area contributed by atoms with Gasteiger partial charge in [-0.25, -0.2) is 4.63 Å². The summed E-state index contributed by atoms with van der Waals surface area (Å²) in [6.07, 6.45) is 2.55. The fraction of sp³-hybridized carbons (Fsp3) is 0.500. The molecule has 1 amide bonds. The minimum atomic E-state index is 0.140. The van der Waals surface area contributed by atoms with Crippen molar-refractivity contribution in [2.75, 3.05) is 34.2 Å². The van der Waals surface area contributed by atoms with Gasteiger partial charge in [-0.15, -0.1) is 0 Å². The van der Waals surface area contributed by atoms with Gasteiger partial charge in [-0.1, -0.05) is 46.7 Å². The summed E-state index contributed by atoms with van der Waals surface area (Å²) in [5, 5.41) is 10.3. The molecule has 0 radical (unpaired) electrons. The van der Waals surface area contributed by atoms with E-state index in [2.05, 4.69) is 76.7 Å². The molecule has 1 aromatic heterocycles. The lowest BCUT2D eigenvalue weighted by Crippen LogP contribution is -2.48. The molecule has 1 saturated heterocycles. The van der Waals surface area contributed by atoms with Gasteiger partial charge in [0, 0.05) is 32.6 Å². The number of fused-ring (bicyclic) bond motifs is 1. The number of rotatable bonds is 8. The molecule has 0 aliphatic carbocycles. The first-order valence-electron chi connectivity index (χ1n) is 11.8. The van der Waals surface area contributed by atoms with Crippen LogP contribution in [-0.4, -0.2) is 71.2 Å². The maximum atomic E-state index is 12.8. The second-order valence-corrected chi connectivity index (χ2v) is 9.58. The van der Waals surface area contributed by atoms with E-state index in [9.17, 15) is 4.79 Å². The Bertz CT molecular complexity index is 1080. The van der Waals surface area contributed by atoms with Crippen LogP contribution in [-0.2, 0) is 17.9 Å². The second kappa shape index (κ2) is 10.4. The first kappa shape index (κ1) is 23.4. The molecule has 2 heterocycles. The van der Waals surface area contributed by atoms with Gasteiger partial charge in [0.15, 0.2) is 0 Å². The van der Waals surface area contributed by atoms with Crippen molar-refractivity contribution in [3.8, 4) is 0 Å². The standard InChI is InChI=1S/C26H35N5O2/c1-19-24(28-33-27-19)18-30(4)26(32)12-11-23-17-31(14-13-25(23)29(2)3)16-20-9-10-21-7-5-6-8-22(21)15-20/h5-10,15,23,25H,11-14,16-18H2,1-4H3/t23-,25+/m0/s1. The molecule has 4 rings (SSSR count). The lowest BCUT2D eigenvalue weighted by atomic mass is 9.87. The Balaban J connectivity index is 1.36. The molecule has 1 aliphatic rings. The van der Waals surface area contributed by atoms with Crippen LogP contribution in [0.25, 0.3) is 10.8 Å². The van der Waals surface area contributed by atoms with E-state index in [1.54, 1.807) is 4.90 Å². The Morgan fingerprint density at radius 1 is 1.12 bits per heavy atom. The van der Waals surface area contributed by atoms with Gasteiger partial charge in [-0.2, -0.15) is 0 Å². The van der Waals surface area contributed by atoms with Crippen LogP contribution < -0.4 is 0 Å². The van der Waals surface area contributed by atoms with Gasteiger partial charge in [0.25, 0.3) is 0 Å². The third-order valence-corrected chi connectivity index (χ3v) is 6.95. The van der Waals surface area contributed by atoms with E-state index >= 15 is 0 Å². The normalized spacial score (nSPS) is 19.3. The number of benzene rings is 2.